The van der Waals surface area contributed by atoms with Crippen molar-refractivity contribution in [1.82, 2.24) is 20.5 Å². The highest BCUT2D eigenvalue weighted by Gasteiger charge is 2.42. The Kier molecular flexibility index (Phi) is 6.72. The molecule has 7 nitrogen and oxygen atoms in total. The first-order valence-electron chi connectivity index (χ1n) is 12.3. The van der Waals surface area contributed by atoms with Crippen LogP contribution in [0.15, 0.2) is 65.2 Å². The van der Waals surface area contributed by atoms with E-state index in [2.05, 4.69) is 27.1 Å². The van der Waals surface area contributed by atoms with Crippen molar-refractivity contribution in [2.75, 3.05) is 19.6 Å². The normalized spacial score (nSPS) is 23.0. The molecule has 2 aromatic carbocycles. The number of nitrogens with one attached hydrogen (secondary N) is 2. The molecule has 0 radical (unpaired) electrons. The van der Waals surface area contributed by atoms with Crippen LogP contribution >= 0.6 is 0 Å². The molecule has 1 aliphatic heterocycles. The van der Waals surface area contributed by atoms with Crippen molar-refractivity contribution in [2.24, 2.45) is 0 Å². The molecule has 10 heteroatoms. The zero-order valence-corrected chi connectivity index (χ0v) is 20.2. The van der Waals surface area contributed by atoms with Crippen LogP contribution in [-0.4, -0.2) is 52.6 Å². The molecule has 5 rings (SSSR count). The molecule has 0 atom stereocenters. The summed E-state index contributed by atoms with van der Waals surface area (Å²) in [6.07, 6.45) is -1.69. The number of fused-ring (bicyclic) bond motifs is 1. The molecule has 0 unspecified atom stereocenters. The van der Waals surface area contributed by atoms with Crippen molar-refractivity contribution in [3.8, 4) is 0 Å². The fourth-order valence-electron chi connectivity index (χ4n) is 5.10. The molecule has 3 aromatic rings. The highest BCUT2D eigenvalue weighted by Crippen LogP contribution is 2.40. The number of likely N-dealkylation sites (tertiary alicyclic amines) is 1. The lowest BCUT2D eigenvalue weighted by Gasteiger charge is -2.48. The molecular formula is C27H29F3N4O3. The molecule has 0 bridgehead atoms. The van der Waals surface area contributed by atoms with E-state index in [9.17, 15) is 23.1 Å². The Balaban J connectivity index is 1.05. The first-order chi connectivity index (χ1) is 17.6. The lowest BCUT2D eigenvalue weighted by atomic mass is 9.80. The Morgan fingerprint density at radius 3 is 2.59 bits per heavy atom. The van der Waals surface area contributed by atoms with Gasteiger partial charge in [0.05, 0.1) is 18.2 Å². The van der Waals surface area contributed by atoms with E-state index >= 15 is 0 Å². The first kappa shape index (κ1) is 25.3. The monoisotopic (exact) mass is 514 g/mol. The van der Waals surface area contributed by atoms with E-state index in [4.69, 9.17) is 4.42 Å². The second kappa shape index (κ2) is 9.83. The molecule has 1 aliphatic carbocycles. The fraction of sp³-hybridized carbons (Fsp3) is 0.407. The van der Waals surface area contributed by atoms with E-state index in [1.165, 1.54) is 12.1 Å². The highest BCUT2D eigenvalue weighted by atomic mass is 19.4. The number of amides is 1. The van der Waals surface area contributed by atoms with E-state index in [1.54, 1.807) is 0 Å². The van der Waals surface area contributed by atoms with Gasteiger partial charge in [-0.1, -0.05) is 24.8 Å². The molecule has 3 N–H and O–H groups in total. The Bertz CT molecular complexity index is 1260. The van der Waals surface area contributed by atoms with Crippen molar-refractivity contribution < 1.29 is 27.5 Å². The zero-order valence-electron chi connectivity index (χ0n) is 20.2. The van der Waals surface area contributed by atoms with Gasteiger partial charge in [0.25, 0.3) is 5.91 Å². The summed E-state index contributed by atoms with van der Waals surface area (Å²) < 4.78 is 44.5. The van der Waals surface area contributed by atoms with Crippen LogP contribution in [0.25, 0.3) is 11.1 Å². The molecule has 37 heavy (non-hydrogen) atoms. The third-order valence-electron chi connectivity index (χ3n) is 7.22. The van der Waals surface area contributed by atoms with E-state index in [1.807, 2.05) is 24.3 Å². The summed E-state index contributed by atoms with van der Waals surface area (Å²) >= 11 is 0. The molecular weight excluding hydrogens is 485 g/mol. The van der Waals surface area contributed by atoms with Crippen LogP contribution in [0.3, 0.4) is 0 Å². The molecule has 1 saturated carbocycles. The second-order valence-electron chi connectivity index (χ2n) is 9.91. The maximum absolute atomic E-state index is 12.9. The highest BCUT2D eigenvalue weighted by molar-refractivity contribution is 5.94. The minimum Gasteiger partial charge on any atom is -0.438 e. The molecule has 1 aromatic heterocycles. The SMILES string of the molecule is C=C(CNC(=O)c1cccc(C(F)(F)F)c1)NC1CN([C@H]2CC[C@@](O)(c3nc4ccccc4o3)CC2)C1. The lowest BCUT2D eigenvalue weighted by molar-refractivity contribution is -0.137. The van der Waals surface area contributed by atoms with E-state index in [0.29, 0.717) is 36.1 Å². The number of alkyl halides is 3. The van der Waals surface area contributed by atoms with Crippen molar-refractivity contribution >= 4 is 17.0 Å². The summed E-state index contributed by atoms with van der Waals surface area (Å²) in [7, 11) is 0. The largest absolute Gasteiger partial charge is 0.438 e. The average Bonchev–Trinajstić information content (AvgIpc) is 3.30. The van der Waals surface area contributed by atoms with E-state index < -0.39 is 23.2 Å². The number of para-hydroxylation sites is 2. The van der Waals surface area contributed by atoms with E-state index in [-0.39, 0.29) is 18.2 Å². The van der Waals surface area contributed by atoms with Gasteiger partial charge < -0.3 is 20.2 Å². The zero-order chi connectivity index (χ0) is 26.2. The number of carbonyl (C=O) groups excluding carboxylic acids is 1. The van der Waals surface area contributed by atoms with E-state index in [0.717, 1.165) is 43.6 Å². The van der Waals surface area contributed by atoms with Crippen LogP contribution in [0.1, 0.15) is 47.5 Å². The Labute approximate surface area is 212 Å². The maximum Gasteiger partial charge on any atom is 0.416 e. The number of aromatic nitrogens is 1. The van der Waals surface area contributed by atoms with Crippen LogP contribution in [-0.2, 0) is 11.8 Å². The van der Waals surface area contributed by atoms with Gasteiger partial charge in [-0.25, -0.2) is 4.98 Å². The van der Waals surface area contributed by atoms with Gasteiger partial charge in [-0.2, -0.15) is 13.2 Å². The third kappa shape index (κ3) is 5.50. The van der Waals surface area contributed by atoms with Gasteiger partial charge in [-0.05, 0) is 56.0 Å². The predicted molar refractivity (Wildman–Crippen MR) is 132 cm³/mol. The lowest BCUT2D eigenvalue weighted by Crippen LogP contribution is -2.62. The van der Waals surface area contributed by atoms with Crippen LogP contribution < -0.4 is 10.6 Å². The molecule has 1 amide bonds. The summed E-state index contributed by atoms with van der Waals surface area (Å²) in [4.78, 5) is 19.1. The van der Waals surface area contributed by atoms with Crippen molar-refractivity contribution in [1.29, 1.82) is 0 Å². The van der Waals surface area contributed by atoms with Gasteiger partial charge in [0, 0.05) is 30.4 Å². The van der Waals surface area contributed by atoms with Crippen molar-refractivity contribution in [2.45, 2.75) is 49.5 Å². The number of oxazole rings is 1. The van der Waals surface area contributed by atoms with Crippen LogP contribution in [0, 0.1) is 0 Å². The number of carbonyl (C=O) groups is 1. The van der Waals surface area contributed by atoms with Gasteiger partial charge in [-0.3, -0.25) is 9.69 Å². The number of aliphatic hydroxyl groups is 1. The minimum atomic E-state index is -4.50. The van der Waals surface area contributed by atoms with Crippen LogP contribution in [0.4, 0.5) is 13.2 Å². The predicted octanol–water partition coefficient (Wildman–Crippen LogP) is 4.19. The standard InChI is InChI=1S/C27H29F3N4O3/c1-17(14-31-24(35)18-5-4-6-19(13-18)27(28,29)30)32-20-15-34(16-20)21-9-11-26(36,12-10-21)25-33-22-7-2-3-8-23(22)37-25/h2-8,13,20-21,32,36H,1,9-12,14-16H2,(H,31,35)/t21-,26-. The van der Waals surface area contributed by atoms with Gasteiger partial charge in [0.2, 0.25) is 5.89 Å². The van der Waals surface area contributed by atoms with Crippen molar-refractivity contribution in [3.63, 3.8) is 0 Å². The quantitative estimate of drug-likeness (QED) is 0.438. The van der Waals surface area contributed by atoms with Gasteiger partial charge >= 0.3 is 6.18 Å². The summed E-state index contributed by atoms with van der Waals surface area (Å²) in [5, 5.41) is 17.1. The van der Waals surface area contributed by atoms with Gasteiger partial charge in [0.1, 0.15) is 11.1 Å². The van der Waals surface area contributed by atoms with Gasteiger partial charge in [0.15, 0.2) is 5.58 Å². The Hall–Kier alpha value is -3.37. The summed E-state index contributed by atoms with van der Waals surface area (Å²) in [6, 6.07) is 12.4. The van der Waals surface area contributed by atoms with Crippen molar-refractivity contribution in [3.05, 3.63) is 77.8 Å². The first-order valence-corrected chi connectivity index (χ1v) is 12.3. The number of benzene rings is 2. The Morgan fingerprint density at radius 1 is 1.16 bits per heavy atom. The number of hydrogen-bond acceptors (Lipinski definition) is 6. The summed E-state index contributed by atoms with van der Waals surface area (Å²) in [5.41, 5.74) is 0.0597. The molecule has 2 heterocycles. The number of halogens is 3. The minimum absolute atomic E-state index is 0.0486. The fourth-order valence-corrected chi connectivity index (χ4v) is 5.10. The third-order valence-corrected chi connectivity index (χ3v) is 7.22. The smallest absolute Gasteiger partial charge is 0.416 e. The molecule has 1 saturated heterocycles. The Morgan fingerprint density at radius 2 is 1.89 bits per heavy atom. The second-order valence-corrected chi connectivity index (χ2v) is 9.91. The van der Waals surface area contributed by atoms with Crippen LogP contribution in [0.2, 0.25) is 0 Å². The topological polar surface area (TPSA) is 90.6 Å². The summed E-state index contributed by atoms with van der Waals surface area (Å²) in [6.45, 7) is 5.67. The molecule has 2 aliphatic rings. The molecule has 196 valence electrons. The molecule has 2 fully saturated rings. The van der Waals surface area contributed by atoms with Crippen LogP contribution in [0.5, 0.6) is 0 Å². The average molecular weight is 515 g/mol. The van der Waals surface area contributed by atoms with Gasteiger partial charge in [-0.15, -0.1) is 0 Å². The number of hydrogen-bond donors (Lipinski definition) is 3. The molecule has 0 spiro atoms. The summed E-state index contributed by atoms with van der Waals surface area (Å²) in [5.74, 6) is -0.197. The maximum atomic E-state index is 12.9. The number of nitrogens with zero attached hydrogens (tertiary/aromatic N) is 2. The number of rotatable bonds is 7.